The SMILES string of the molecule is Cc1ccc(OCCCCc2c(C)n[nH]c2C)cc1C. The molecule has 0 amide bonds. The Labute approximate surface area is 121 Å². The van der Waals surface area contributed by atoms with Crippen LogP contribution >= 0.6 is 0 Å². The first kappa shape index (κ1) is 14.6. The number of benzene rings is 1. The molecule has 0 atom stereocenters. The predicted octanol–water partition coefficient (Wildman–Crippen LogP) is 4.05. The minimum Gasteiger partial charge on any atom is -0.494 e. The molecule has 0 aliphatic rings. The van der Waals surface area contributed by atoms with Crippen LogP contribution in [-0.2, 0) is 6.42 Å². The van der Waals surface area contributed by atoms with Gasteiger partial charge in [0.25, 0.3) is 0 Å². The summed E-state index contributed by atoms with van der Waals surface area (Å²) in [6, 6.07) is 6.27. The highest BCUT2D eigenvalue weighted by atomic mass is 16.5. The van der Waals surface area contributed by atoms with Crippen molar-refractivity contribution in [2.45, 2.75) is 47.0 Å². The molecule has 1 aromatic carbocycles. The lowest BCUT2D eigenvalue weighted by atomic mass is 10.1. The summed E-state index contributed by atoms with van der Waals surface area (Å²) in [5, 5.41) is 7.26. The largest absolute Gasteiger partial charge is 0.494 e. The minimum atomic E-state index is 0.776. The van der Waals surface area contributed by atoms with Gasteiger partial charge in [-0.05, 0) is 75.8 Å². The molecule has 0 spiro atoms. The molecule has 0 radical (unpaired) electrons. The summed E-state index contributed by atoms with van der Waals surface area (Å²) in [6.45, 7) is 9.16. The number of aromatic amines is 1. The number of ether oxygens (including phenoxy) is 1. The highest BCUT2D eigenvalue weighted by Gasteiger charge is 2.05. The maximum atomic E-state index is 5.80. The summed E-state index contributed by atoms with van der Waals surface area (Å²) in [7, 11) is 0. The van der Waals surface area contributed by atoms with Gasteiger partial charge in [-0.25, -0.2) is 0 Å². The zero-order valence-corrected chi connectivity index (χ0v) is 12.9. The fourth-order valence-electron chi connectivity index (χ4n) is 2.34. The van der Waals surface area contributed by atoms with Crippen LogP contribution in [0.25, 0.3) is 0 Å². The molecule has 20 heavy (non-hydrogen) atoms. The van der Waals surface area contributed by atoms with Crippen molar-refractivity contribution in [2.75, 3.05) is 6.61 Å². The Morgan fingerprint density at radius 3 is 2.50 bits per heavy atom. The van der Waals surface area contributed by atoms with Gasteiger partial charge in [-0.3, -0.25) is 5.10 Å². The third-order valence-corrected chi connectivity index (χ3v) is 3.85. The number of hydrogen-bond acceptors (Lipinski definition) is 2. The van der Waals surface area contributed by atoms with Gasteiger partial charge < -0.3 is 4.74 Å². The predicted molar refractivity (Wildman–Crippen MR) is 82.4 cm³/mol. The van der Waals surface area contributed by atoms with Crippen LogP contribution in [0.4, 0.5) is 0 Å². The summed E-state index contributed by atoms with van der Waals surface area (Å²) in [4.78, 5) is 0. The third-order valence-electron chi connectivity index (χ3n) is 3.85. The Balaban J connectivity index is 1.73. The van der Waals surface area contributed by atoms with Gasteiger partial charge in [-0.1, -0.05) is 6.07 Å². The van der Waals surface area contributed by atoms with Gasteiger partial charge in [0.2, 0.25) is 0 Å². The smallest absolute Gasteiger partial charge is 0.119 e. The van der Waals surface area contributed by atoms with E-state index >= 15 is 0 Å². The van der Waals surface area contributed by atoms with Gasteiger partial charge in [0.15, 0.2) is 0 Å². The Bertz CT molecular complexity index is 553. The molecule has 0 aliphatic heterocycles. The van der Waals surface area contributed by atoms with Crippen LogP contribution < -0.4 is 4.74 Å². The zero-order chi connectivity index (χ0) is 14.5. The van der Waals surface area contributed by atoms with Crippen molar-refractivity contribution in [3.63, 3.8) is 0 Å². The molecule has 2 rings (SSSR count). The number of aryl methyl sites for hydroxylation is 4. The van der Waals surface area contributed by atoms with Crippen molar-refractivity contribution >= 4 is 0 Å². The molecule has 0 saturated heterocycles. The maximum Gasteiger partial charge on any atom is 0.119 e. The number of aromatic nitrogens is 2. The van der Waals surface area contributed by atoms with E-state index in [4.69, 9.17) is 4.74 Å². The molecule has 3 nitrogen and oxygen atoms in total. The molecule has 0 saturated carbocycles. The maximum absolute atomic E-state index is 5.80. The lowest BCUT2D eigenvalue weighted by Crippen LogP contribution is -1.99. The number of H-pyrrole nitrogens is 1. The molecule has 108 valence electrons. The molecular weight excluding hydrogens is 248 g/mol. The average molecular weight is 272 g/mol. The molecule has 0 fully saturated rings. The van der Waals surface area contributed by atoms with E-state index in [0.29, 0.717) is 0 Å². The highest BCUT2D eigenvalue weighted by molar-refractivity contribution is 5.33. The molecular formula is C17H24N2O. The van der Waals surface area contributed by atoms with Crippen LogP contribution in [0, 0.1) is 27.7 Å². The van der Waals surface area contributed by atoms with Crippen LogP contribution in [0.1, 0.15) is 40.9 Å². The first-order valence-electron chi connectivity index (χ1n) is 7.28. The summed E-state index contributed by atoms with van der Waals surface area (Å²) in [5.74, 6) is 0.976. The monoisotopic (exact) mass is 272 g/mol. The first-order valence-corrected chi connectivity index (χ1v) is 7.28. The number of hydrogen-bond donors (Lipinski definition) is 1. The van der Waals surface area contributed by atoms with Crippen LogP contribution in [0.3, 0.4) is 0 Å². The highest BCUT2D eigenvalue weighted by Crippen LogP contribution is 2.17. The van der Waals surface area contributed by atoms with Gasteiger partial charge in [-0.2, -0.15) is 5.10 Å². The van der Waals surface area contributed by atoms with Crippen LogP contribution in [0.5, 0.6) is 5.75 Å². The van der Waals surface area contributed by atoms with Gasteiger partial charge in [-0.15, -0.1) is 0 Å². The van der Waals surface area contributed by atoms with Crippen LogP contribution in [0.2, 0.25) is 0 Å². The molecule has 1 aromatic heterocycles. The second kappa shape index (κ2) is 6.60. The molecule has 0 bridgehead atoms. The molecule has 0 unspecified atom stereocenters. The van der Waals surface area contributed by atoms with Crippen LogP contribution in [-0.4, -0.2) is 16.8 Å². The summed E-state index contributed by atoms with van der Waals surface area (Å²) in [5.41, 5.74) is 6.27. The number of nitrogens with one attached hydrogen (secondary N) is 1. The van der Waals surface area contributed by atoms with Gasteiger partial charge in [0.05, 0.1) is 12.3 Å². The minimum absolute atomic E-state index is 0.776. The first-order chi connectivity index (χ1) is 9.58. The summed E-state index contributed by atoms with van der Waals surface area (Å²) < 4.78 is 5.80. The van der Waals surface area contributed by atoms with Gasteiger partial charge in [0, 0.05) is 5.69 Å². The van der Waals surface area contributed by atoms with Crippen LogP contribution in [0.15, 0.2) is 18.2 Å². The second-order valence-electron chi connectivity index (χ2n) is 5.46. The Morgan fingerprint density at radius 2 is 1.85 bits per heavy atom. The normalized spacial score (nSPS) is 10.8. The van der Waals surface area contributed by atoms with E-state index in [1.165, 1.54) is 22.4 Å². The van der Waals surface area contributed by atoms with Crippen molar-refractivity contribution in [1.29, 1.82) is 0 Å². The van der Waals surface area contributed by atoms with E-state index in [-0.39, 0.29) is 0 Å². The van der Waals surface area contributed by atoms with E-state index in [9.17, 15) is 0 Å². The lowest BCUT2D eigenvalue weighted by molar-refractivity contribution is 0.306. The molecule has 2 aromatic rings. The van der Waals surface area contributed by atoms with Crippen molar-refractivity contribution in [3.8, 4) is 5.75 Å². The summed E-state index contributed by atoms with van der Waals surface area (Å²) >= 11 is 0. The number of nitrogens with zero attached hydrogens (tertiary/aromatic N) is 1. The molecule has 1 N–H and O–H groups in total. The Morgan fingerprint density at radius 1 is 1.05 bits per heavy atom. The molecule has 3 heteroatoms. The lowest BCUT2D eigenvalue weighted by Gasteiger charge is -2.08. The van der Waals surface area contributed by atoms with E-state index < -0.39 is 0 Å². The van der Waals surface area contributed by atoms with E-state index in [1.54, 1.807) is 0 Å². The van der Waals surface area contributed by atoms with E-state index in [2.05, 4.69) is 50.0 Å². The Hall–Kier alpha value is -1.77. The topological polar surface area (TPSA) is 37.9 Å². The van der Waals surface area contributed by atoms with E-state index in [1.807, 2.05) is 6.07 Å². The number of unbranched alkanes of at least 4 members (excludes halogenated alkanes) is 1. The third kappa shape index (κ3) is 3.62. The van der Waals surface area contributed by atoms with Gasteiger partial charge in [0.1, 0.15) is 5.75 Å². The standard InChI is InChI=1S/C17H24N2O/c1-12-8-9-16(11-13(12)2)20-10-6-5-7-17-14(3)18-19-15(17)4/h8-9,11H,5-7,10H2,1-4H3,(H,18,19). The molecule has 1 heterocycles. The average Bonchev–Trinajstić information content (AvgIpc) is 2.73. The van der Waals surface area contributed by atoms with Crippen molar-refractivity contribution in [3.05, 3.63) is 46.3 Å². The van der Waals surface area contributed by atoms with E-state index in [0.717, 1.165) is 37.3 Å². The molecule has 0 aliphatic carbocycles. The quantitative estimate of drug-likeness (QED) is 0.806. The summed E-state index contributed by atoms with van der Waals surface area (Å²) in [6.07, 6.45) is 3.27. The Kier molecular flexibility index (Phi) is 4.83. The fourth-order valence-corrected chi connectivity index (χ4v) is 2.34. The van der Waals surface area contributed by atoms with Crippen molar-refractivity contribution < 1.29 is 4.74 Å². The fraction of sp³-hybridized carbons (Fsp3) is 0.471. The second-order valence-corrected chi connectivity index (χ2v) is 5.46. The number of rotatable bonds is 6. The van der Waals surface area contributed by atoms with Crippen molar-refractivity contribution in [2.24, 2.45) is 0 Å². The van der Waals surface area contributed by atoms with Gasteiger partial charge >= 0.3 is 0 Å². The zero-order valence-electron chi connectivity index (χ0n) is 12.9. The van der Waals surface area contributed by atoms with Crippen molar-refractivity contribution in [1.82, 2.24) is 10.2 Å².